The predicted octanol–water partition coefficient (Wildman–Crippen LogP) is 2.42. The lowest BCUT2D eigenvalue weighted by Gasteiger charge is -1.95. The first-order chi connectivity index (χ1) is 7.75. The number of aromatic nitrogens is 2. The van der Waals surface area contributed by atoms with Gasteiger partial charge in [-0.25, -0.2) is 0 Å². The Balaban J connectivity index is 2.23. The van der Waals surface area contributed by atoms with E-state index in [1.165, 1.54) is 0 Å². The first kappa shape index (κ1) is 9.03. The molecule has 80 valence electrons. The van der Waals surface area contributed by atoms with Gasteiger partial charge in [0.15, 0.2) is 0 Å². The molecule has 3 aromatic rings. The molecule has 0 spiro atoms. The summed E-state index contributed by atoms with van der Waals surface area (Å²) in [6, 6.07) is 9.85. The Morgan fingerprint density at radius 2 is 2.12 bits per heavy atom. The maximum absolute atomic E-state index is 5.90. The molecule has 0 amide bonds. The average molecular weight is 213 g/mol. The molecule has 4 heteroatoms. The highest BCUT2D eigenvalue weighted by molar-refractivity contribution is 5.84. The van der Waals surface area contributed by atoms with Gasteiger partial charge >= 0.3 is 0 Å². The Morgan fingerprint density at radius 1 is 1.31 bits per heavy atom. The lowest BCUT2D eigenvalue weighted by atomic mass is 10.2. The second-order valence-electron chi connectivity index (χ2n) is 3.72. The maximum atomic E-state index is 5.90. The minimum absolute atomic E-state index is 0.610. The summed E-state index contributed by atoms with van der Waals surface area (Å²) < 4.78 is 7.34. The highest BCUT2D eigenvalue weighted by Gasteiger charge is 2.11. The van der Waals surface area contributed by atoms with Gasteiger partial charge in [0.1, 0.15) is 17.2 Å². The molecule has 16 heavy (non-hydrogen) atoms. The number of nitrogens with zero attached hydrogens (tertiary/aromatic N) is 2. The normalized spacial score (nSPS) is 11.1. The standard InChI is InChI=1S/C12H11N3O/c1-15-12(13)9(7-14-15)11-6-8-4-2-3-5-10(8)16-11/h2-7H,13H2,1H3. The summed E-state index contributed by atoms with van der Waals surface area (Å²) in [6.45, 7) is 0. The molecule has 0 aliphatic carbocycles. The number of furan rings is 1. The van der Waals surface area contributed by atoms with Crippen molar-refractivity contribution in [2.45, 2.75) is 0 Å². The second-order valence-corrected chi connectivity index (χ2v) is 3.72. The van der Waals surface area contributed by atoms with Crippen molar-refractivity contribution in [2.24, 2.45) is 7.05 Å². The molecule has 0 radical (unpaired) electrons. The molecule has 0 unspecified atom stereocenters. The smallest absolute Gasteiger partial charge is 0.140 e. The van der Waals surface area contributed by atoms with Crippen LogP contribution in [0.5, 0.6) is 0 Å². The molecular weight excluding hydrogens is 202 g/mol. The summed E-state index contributed by atoms with van der Waals surface area (Å²) in [5, 5.41) is 5.16. The molecule has 0 atom stereocenters. The average Bonchev–Trinajstić information content (AvgIpc) is 2.84. The number of hydrogen-bond donors (Lipinski definition) is 1. The monoisotopic (exact) mass is 213 g/mol. The van der Waals surface area contributed by atoms with Gasteiger partial charge in [0, 0.05) is 12.4 Å². The van der Waals surface area contributed by atoms with Gasteiger partial charge in [-0.1, -0.05) is 18.2 Å². The number of hydrogen-bond acceptors (Lipinski definition) is 3. The Kier molecular flexibility index (Phi) is 1.77. The topological polar surface area (TPSA) is 57.0 Å². The molecule has 2 N–H and O–H groups in total. The number of anilines is 1. The van der Waals surface area contributed by atoms with E-state index in [1.807, 2.05) is 37.4 Å². The summed E-state index contributed by atoms with van der Waals surface area (Å²) in [4.78, 5) is 0. The number of para-hydroxylation sites is 1. The van der Waals surface area contributed by atoms with Crippen LogP contribution in [0.1, 0.15) is 0 Å². The van der Waals surface area contributed by atoms with E-state index in [1.54, 1.807) is 10.9 Å². The van der Waals surface area contributed by atoms with E-state index >= 15 is 0 Å². The fourth-order valence-corrected chi connectivity index (χ4v) is 1.75. The highest BCUT2D eigenvalue weighted by Crippen LogP contribution is 2.30. The number of rotatable bonds is 1. The summed E-state index contributed by atoms with van der Waals surface area (Å²) >= 11 is 0. The number of nitrogen functional groups attached to an aromatic ring is 1. The van der Waals surface area contributed by atoms with Crippen molar-refractivity contribution in [2.75, 3.05) is 5.73 Å². The van der Waals surface area contributed by atoms with Crippen LogP contribution in [0.2, 0.25) is 0 Å². The van der Waals surface area contributed by atoms with Gasteiger partial charge in [-0.15, -0.1) is 0 Å². The van der Waals surface area contributed by atoms with Crippen molar-refractivity contribution in [1.82, 2.24) is 9.78 Å². The quantitative estimate of drug-likeness (QED) is 0.675. The minimum atomic E-state index is 0.610. The van der Waals surface area contributed by atoms with Crippen molar-refractivity contribution >= 4 is 16.8 Å². The van der Waals surface area contributed by atoms with Crippen LogP contribution < -0.4 is 5.73 Å². The Labute approximate surface area is 92.3 Å². The summed E-state index contributed by atoms with van der Waals surface area (Å²) in [5.74, 6) is 1.37. The molecular formula is C12H11N3O. The third-order valence-corrected chi connectivity index (χ3v) is 2.68. The van der Waals surface area contributed by atoms with Crippen LogP contribution in [-0.2, 0) is 7.05 Å². The van der Waals surface area contributed by atoms with Crippen molar-refractivity contribution in [1.29, 1.82) is 0 Å². The molecule has 0 saturated heterocycles. The predicted molar refractivity (Wildman–Crippen MR) is 62.8 cm³/mol. The van der Waals surface area contributed by atoms with Crippen LogP contribution in [0.25, 0.3) is 22.3 Å². The van der Waals surface area contributed by atoms with Gasteiger partial charge in [-0.05, 0) is 12.1 Å². The molecule has 0 saturated carbocycles. The Bertz CT molecular complexity index is 618. The SMILES string of the molecule is Cn1ncc(-c2cc3ccccc3o2)c1N. The van der Waals surface area contributed by atoms with Crippen molar-refractivity contribution in [3.05, 3.63) is 36.5 Å². The molecule has 2 aromatic heterocycles. The third kappa shape index (κ3) is 1.20. The first-order valence-electron chi connectivity index (χ1n) is 5.02. The molecule has 0 bridgehead atoms. The van der Waals surface area contributed by atoms with Crippen LogP contribution in [0.15, 0.2) is 40.9 Å². The zero-order valence-corrected chi connectivity index (χ0v) is 8.84. The highest BCUT2D eigenvalue weighted by atomic mass is 16.3. The van der Waals surface area contributed by atoms with Crippen molar-refractivity contribution < 1.29 is 4.42 Å². The summed E-state index contributed by atoms with van der Waals surface area (Å²) in [5.41, 5.74) is 7.59. The van der Waals surface area contributed by atoms with E-state index < -0.39 is 0 Å². The fraction of sp³-hybridized carbons (Fsp3) is 0.0833. The number of benzene rings is 1. The zero-order chi connectivity index (χ0) is 11.1. The van der Waals surface area contributed by atoms with E-state index in [4.69, 9.17) is 10.2 Å². The van der Waals surface area contributed by atoms with Gasteiger partial charge in [0.05, 0.1) is 11.8 Å². The van der Waals surface area contributed by atoms with Crippen LogP contribution in [0.4, 0.5) is 5.82 Å². The van der Waals surface area contributed by atoms with Gasteiger partial charge in [0.25, 0.3) is 0 Å². The molecule has 4 nitrogen and oxygen atoms in total. The van der Waals surface area contributed by atoms with Crippen LogP contribution in [0.3, 0.4) is 0 Å². The van der Waals surface area contributed by atoms with E-state index in [0.29, 0.717) is 5.82 Å². The van der Waals surface area contributed by atoms with E-state index in [2.05, 4.69) is 5.10 Å². The summed E-state index contributed by atoms with van der Waals surface area (Å²) in [7, 11) is 1.81. The van der Waals surface area contributed by atoms with E-state index in [9.17, 15) is 0 Å². The number of aryl methyl sites for hydroxylation is 1. The van der Waals surface area contributed by atoms with Crippen LogP contribution in [-0.4, -0.2) is 9.78 Å². The Hall–Kier alpha value is -2.23. The molecule has 0 fully saturated rings. The summed E-state index contributed by atoms with van der Waals surface area (Å²) in [6.07, 6.45) is 1.72. The van der Waals surface area contributed by atoms with Gasteiger partial charge < -0.3 is 10.2 Å². The fourth-order valence-electron chi connectivity index (χ4n) is 1.75. The molecule has 1 aromatic carbocycles. The largest absolute Gasteiger partial charge is 0.456 e. The minimum Gasteiger partial charge on any atom is -0.456 e. The van der Waals surface area contributed by atoms with Crippen molar-refractivity contribution in [3.8, 4) is 11.3 Å². The van der Waals surface area contributed by atoms with Crippen molar-refractivity contribution in [3.63, 3.8) is 0 Å². The Morgan fingerprint density at radius 3 is 2.81 bits per heavy atom. The lowest BCUT2D eigenvalue weighted by Crippen LogP contribution is -1.97. The molecule has 3 rings (SSSR count). The van der Waals surface area contributed by atoms with Gasteiger partial charge in [0.2, 0.25) is 0 Å². The third-order valence-electron chi connectivity index (χ3n) is 2.68. The number of nitrogens with two attached hydrogens (primary N) is 1. The van der Waals surface area contributed by atoms with Crippen LogP contribution >= 0.6 is 0 Å². The van der Waals surface area contributed by atoms with Gasteiger partial charge in [-0.2, -0.15) is 5.10 Å². The first-order valence-corrected chi connectivity index (χ1v) is 5.02. The van der Waals surface area contributed by atoms with Gasteiger partial charge in [-0.3, -0.25) is 4.68 Å². The van der Waals surface area contributed by atoms with E-state index in [0.717, 1.165) is 22.3 Å². The second kappa shape index (κ2) is 3.13. The lowest BCUT2D eigenvalue weighted by molar-refractivity contribution is 0.632. The molecule has 2 heterocycles. The van der Waals surface area contributed by atoms with Crippen LogP contribution in [0, 0.1) is 0 Å². The number of fused-ring (bicyclic) bond motifs is 1. The maximum Gasteiger partial charge on any atom is 0.140 e. The molecule has 0 aliphatic rings. The van der Waals surface area contributed by atoms with E-state index in [-0.39, 0.29) is 0 Å². The molecule has 0 aliphatic heterocycles. The zero-order valence-electron chi connectivity index (χ0n) is 8.84.